The van der Waals surface area contributed by atoms with Gasteiger partial charge in [-0.25, -0.2) is 4.98 Å². The molecule has 146 valence electrons. The van der Waals surface area contributed by atoms with Crippen LogP contribution in [0.2, 0.25) is 0 Å². The van der Waals surface area contributed by atoms with Gasteiger partial charge in [-0.1, -0.05) is 19.1 Å². The van der Waals surface area contributed by atoms with Crippen molar-refractivity contribution in [2.75, 3.05) is 14.2 Å². The van der Waals surface area contributed by atoms with Gasteiger partial charge in [0, 0.05) is 31.2 Å². The minimum Gasteiger partial charge on any atom is -0.468 e. The first-order valence-electron chi connectivity index (χ1n) is 9.20. The highest BCUT2D eigenvalue weighted by molar-refractivity contribution is 6.09. The SMILES string of the molecule is CC[C@@]1(C(=O)OC)N[C@H](c2ccc(-n3ccnc3)cc2)[C@@H]2C(=O)N(C)C(=O)[C@@H]21. The molecule has 2 saturated heterocycles. The van der Waals surface area contributed by atoms with E-state index in [1.165, 1.54) is 14.2 Å². The molecular weight excluding hydrogens is 360 g/mol. The molecule has 0 saturated carbocycles. The number of nitrogens with one attached hydrogen (secondary N) is 1. The molecule has 4 atom stereocenters. The number of likely N-dealkylation sites (tertiary alicyclic amines) is 1. The molecule has 2 fully saturated rings. The van der Waals surface area contributed by atoms with Crippen molar-refractivity contribution in [3.63, 3.8) is 0 Å². The third-order valence-electron chi connectivity index (χ3n) is 6.04. The van der Waals surface area contributed by atoms with Crippen molar-refractivity contribution >= 4 is 17.8 Å². The summed E-state index contributed by atoms with van der Waals surface area (Å²) < 4.78 is 6.89. The summed E-state index contributed by atoms with van der Waals surface area (Å²) in [5, 5.41) is 3.30. The molecule has 3 heterocycles. The average molecular weight is 382 g/mol. The Bertz CT molecular complexity index is 924. The molecule has 2 amide bonds. The fourth-order valence-electron chi connectivity index (χ4n) is 4.54. The first-order chi connectivity index (χ1) is 13.4. The van der Waals surface area contributed by atoms with Gasteiger partial charge in [0.2, 0.25) is 11.8 Å². The summed E-state index contributed by atoms with van der Waals surface area (Å²) in [4.78, 5) is 43.5. The predicted octanol–water partition coefficient (Wildman–Crippen LogP) is 1.07. The number of ether oxygens (including phenoxy) is 1. The molecule has 0 unspecified atom stereocenters. The van der Waals surface area contributed by atoms with Gasteiger partial charge < -0.3 is 9.30 Å². The van der Waals surface area contributed by atoms with Gasteiger partial charge in [0.25, 0.3) is 0 Å². The first kappa shape index (κ1) is 18.4. The molecule has 28 heavy (non-hydrogen) atoms. The number of carbonyl (C=O) groups is 3. The summed E-state index contributed by atoms with van der Waals surface area (Å²) in [6.45, 7) is 1.82. The number of methoxy groups -OCH3 is 1. The molecule has 1 aromatic heterocycles. The minimum absolute atomic E-state index is 0.273. The monoisotopic (exact) mass is 382 g/mol. The number of fused-ring (bicyclic) bond motifs is 1. The lowest BCUT2D eigenvalue weighted by Gasteiger charge is -2.30. The topological polar surface area (TPSA) is 93.5 Å². The zero-order valence-electron chi connectivity index (χ0n) is 16.0. The summed E-state index contributed by atoms with van der Waals surface area (Å²) in [7, 11) is 2.77. The fourth-order valence-corrected chi connectivity index (χ4v) is 4.54. The number of nitrogens with zero attached hydrogens (tertiary/aromatic N) is 3. The number of benzene rings is 1. The van der Waals surface area contributed by atoms with Gasteiger partial charge in [0.1, 0.15) is 5.54 Å². The van der Waals surface area contributed by atoms with Gasteiger partial charge in [-0.3, -0.25) is 24.6 Å². The Morgan fingerprint density at radius 3 is 2.54 bits per heavy atom. The van der Waals surface area contributed by atoms with Gasteiger partial charge in [0.05, 0.1) is 25.3 Å². The second-order valence-electron chi connectivity index (χ2n) is 7.24. The van der Waals surface area contributed by atoms with Crippen LogP contribution < -0.4 is 5.32 Å². The Labute approximate surface area is 162 Å². The van der Waals surface area contributed by atoms with E-state index >= 15 is 0 Å². The summed E-state index contributed by atoms with van der Waals surface area (Å²) in [5.74, 6) is -2.55. The number of imide groups is 1. The van der Waals surface area contributed by atoms with E-state index in [0.717, 1.165) is 16.2 Å². The fraction of sp³-hybridized carbons (Fsp3) is 0.400. The van der Waals surface area contributed by atoms with Gasteiger partial charge >= 0.3 is 5.97 Å². The van der Waals surface area contributed by atoms with Crippen LogP contribution in [0.4, 0.5) is 0 Å². The summed E-state index contributed by atoms with van der Waals surface area (Å²) in [6.07, 6.45) is 5.58. The Morgan fingerprint density at radius 2 is 1.96 bits per heavy atom. The second kappa shape index (κ2) is 6.56. The summed E-state index contributed by atoms with van der Waals surface area (Å²) in [5.41, 5.74) is 0.552. The van der Waals surface area contributed by atoms with E-state index in [4.69, 9.17) is 4.74 Å². The number of esters is 1. The smallest absolute Gasteiger partial charge is 0.326 e. The average Bonchev–Trinajstić information content (AvgIpc) is 3.42. The maximum atomic E-state index is 12.8. The zero-order valence-corrected chi connectivity index (χ0v) is 16.0. The number of imidazole rings is 1. The van der Waals surface area contributed by atoms with Gasteiger partial charge in [-0.05, 0) is 24.1 Å². The third kappa shape index (κ3) is 2.41. The molecule has 8 heteroatoms. The number of rotatable bonds is 4. The van der Waals surface area contributed by atoms with Crippen LogP contribution in [-0.4, -0.2) is 51.9 Å². The molecule has 2 aliphatic heterocycles. The highest BCUT2D eigenvalue weighted by atomic mass is 16.5. The van der Waals surface area contributed by atoms with E-state index in [1.807, 2.05) is 42.0 Å². The molecule has 4 rings (SSSR count). The maximum absolute atomic E-state index is 12.8. The van der Waals surface area contributed by atoms with Gasteiger partial charge in [0.15, 0.2) is 0 Å². The van der Waals surface area contributed by atoms with Crippen molar-refractivity contribution in [3.8, 4) is 5.69 Å². The van der Waals surface area contributed by atoms with E-state index in [-0.39, 0.29) is 11.8 Å². The highest BCUT2D eigenvalue weighted by Gasteiger charge is 2.67. The Balaban J connectivity index is 1.76. The van der Waals surface area contributed by atoms with Crippen molar-refractivity contribution in [3.05, 3.63) is 48.5 Å². The molecule has 8 nitrogen and oxygen atoms in total. The number of aromatic nitrogens is 2. The number of hydrogen-bond donors (Lipinski definition) is 1. The van der Waals surface area contributed by atoms with Crippen LogP contribution in [0, 0.1) is 11.8 Å². The van der Waals surface area contributed by atoms with Crippen LogP contribution in [-0.2, 0) is 19.1 Å². The molecular formula is C20H22N4O4. The Morgan fingerprint density at radius 1 is 1.25 bits per heavy atom. The van der Waals surface area contributed by atoms with Gasteiger partial charge in [-0.2, -0.15) is 0 Å². The van der Waals surface area contributed by atoms with Crippen molar-refractivity contribution in [1.82, 2.24) is 19.8 Å². The summed E-state index contributed by atoms with van der Waals surface area (Å²) >= 11 is 0. The van der Waals surface area contributed by atoms with Crippen LogP contribution in [0.3, 0.4) is 0 Å². The zero-order chi connectivity index (χ0) is 20.1. The highest BCUT2D eigenvalue weighted by Crippen LogP contribution is 2.50. The third-order valence-corrected chi connectivity index (χ3v) is 6.04. The molecule has 0 radical (unpaired) electrons. The van der Waals surface area contributed by atoms with Crippen molar-refractivity contribution in [1.29, 1.82) is 0 Å². The quantitative estimate of drug-likeness (QED) is 0.628. The summed E-state index contributed by atoms with van der Waals surface area (Å²) in [6, 6.07) is 7.19. The van der Waals surface area contributed by atoms with Gasteiger partial charge in [-0.15, -0.1) is 0 Å². The number of amides is 2. The van der Waals surface area contributed by atoms with Crippen molar-refractivity contribution < 1.29 is 19.1 Å². The largest absolute Gasteiger partial charge is 0.468 e. The molecule has 2 aliphatic rings. The van der Waals surface area contributed by atoms with E-state index in [0.29, 0.717) is 6.42 Å². The standard InChI is InChI=1S/C20H22N4O4/c1-4-20(19(27)28-3)15-14(17(25)23(2)18(15)26)16(22-20)12-5-7-13(8-6-12)24-10-9-21-11-24/h5-11,14-16,22H,4H2,1-3H3/t14-,15-,16-,20-/m1/s1. The molecule has 0 aliphatic carbocycles. The first-order valence-corrected chi connectivity index (χ1v) is 9.20. The molecule has 2 aromatic rings. The van der Waals surface area contributed by atoms with Crippen LogP contribution in [0.25, 0.3) is 5.69 Å². The number of carbonyl (C=O) groups excluding carboxylic acids is 3. The predicted molar refractivity (Wildman–Crippen MR) is 99.2 cm³/mol. The van der Waals surface area contributed by atoms with Crippen molar-refractivity contribution in [2.45, 2.75) is 24.9 Å². The van der Waals surface area contributed by atoms with E-state index in [1.54, 1.807) is 12.5 Å². The molecule has 0 bridgehead atoms. The Kier molecular flexibility index (Phi) is 4.30. The van der Waals surface area contributed by atoms with E-state index in [9.17, 15) is 14.4 Å². The van der Waals surface area contributed by atoms with Crippen LogP contribution in [0.5, 0.6) is 0 Å². The van der Waals surface area contributed by atoms with Crippen LogP contribution in [0.15, 0.2) is 43.0 Å². The van der Waals surface area contributed by atoms with E-state index in [2.05, 4.69) is 10.3 Å². The van der Waals surface area contributed by atoms with E-state index < -0.39 is 29.4 Å². The minimum atomic E-state index is -1.22. The normalized spacial score (nSPS) is 29.2. The molecule has 1 N–H and O–H groups in total. The van der Waals surface area contributed by atoms with Crippen molar-refractivity contribution in [2.24, 2.45) is 11.8 Å². The molecule has 1 aromatic carbocycles. The Hall–Kier alpha value is -3.00. The lowest BCUT2D eigenvalue weighted by molar-refractivity contribution is -0.154. The molecule has 0 spiro atoms. The lowest BCUT2D eigenvalue weighted by atomic mass is 9.78. The van der Waals surface area contributed by atoms with Crippen LogP contribution in [0.1, 0.15) is 24.9 Å². The lowest BCUT2D eigenvalue weighted by Crippen LogP contribution is -2.55. The maximum Gasteiger partial charge on any atom is 0.326 e. The number of hydrogen-bond acceptors (Lipinski definition) is 6. The van der Waals surface area contributed by atoms with Crippen LogP contribution >= 0.6 is 0 Å². The second-order valence-corrected chi connectivity index (χ2v) is 7.24.